The largest absolute Gasteiger partial charge is 0.369 e. The number of hydrogen-bond acceptors (Lipinski definition) is 2. The van der Waals surface area contributed by atoms with E-state index >= 15 is 0 Å². The van der Waals surface area contributed by atoms with Crippen molar-refractivity contribution >= 4 is 21.6 Å². The van der Waals surface area contributed by atoms with Gasteiger partial charge in [-0.05, 0) is 50.9 Å². The molecule has 0 heterocycles. The molecule has 1 aromatic carbocycles. The average Bonchev–Trinajstić information content (AvgIpc) is 2.33. The maximum Gasteiger partial charge on any atom is 0.0380 e. The van der Waals surface area contributed by atoms with E-state index in [1.807, 2.05) is 0 Å². The summed E-state index contributed by atoms with van der Waals surface area (Å²) in [5.41, 5.74) is 8.17. The van der Waals surface area contributed by atoms with E-state index in [2.05, 4.69) is 59.8 Å². The fourth-order valence-corrected chi connectivity index (χ4v) is 2.61. The molecule has 3 heteroatoms. The molecule has 0 saturated carbocycles. The molecule has 1 aromatic rings. The molecule has 0 amide bonds. The monoisotopic (exact) mass is 298 g/mol. The summed E-state index contributed by atoms with van der Waals surface area (Å²) in [4.78, 5) is 2.43. The van der Waals surface area contributed by atoms with Crippen LogP contribution in [0.3, 0.4) is 0 Å². The van der Waals surface area contributed by atoms with Crippen LogP contribution < -0.4 is 10.6 Å². The Kier molecular flexibility index (Phi) is 6.00. The van der Waals surface area contributed by atoms with Gasteiger partial charge >= 0.3 is 0 Å². The predicted molar refractivity (Wildman–Crippen MR) is 79.7 cm³/mol. The van der Waals surface area contributed by atoms with Crippen molar-refractivity contribution in [2.45, 2.75) is 39.7 Å². The molecule has 0 spiro atoms. The van der Waals surface area contributed by atoms with Gasteiger partial charge in [-0.2, -0.15) is 0 Å². The summed E-state index contributed by atoms with van der Waals surface area (Å²) in [5.74, 6) is 0. The van der Waals surface area contributed by atoms with Gasteiger partial charge in [0.25, 0.3) is 0 Å². The van der Waals surface area contributed by atoms with E-state index in [1.165, 1.54) is 15.7 Å². The standard InChI is InChI=1S/C14H23BrN2/c1-4-11(3)17(5-2)13-7-6-12(8-9-16)14(15)10-13/h6-7,10-11H,4-5,8-9,16H2,1-3H3. The van der Waals surface area contributed by atoms with Gasteiger partial charge in [0.2, 0.25) is 0 Å². The van der Waals surface area contributed by atoms with Gasteiger partial charge in [-0.1, -0.05) is 28.9 Å². The Morgan fingerprint density at radius 1 is 1.35 bits per heavy atom. The van der Waals surface area contributed by atoms with Crippen LogP contribution in [0.25, 0.3) is 0 Å². The minimum atomic E-state index is 0.576. The fraction of sp³-hybridized carbons (Fsp3) is 0.571. The van der Waals surface area contributed by atoms with Gasteiger partial charge in [0.05, 0.1) is 0 Å². The minimum absolute atomic E-state index is 0.576. The van der Waals surface area contributed by atoms with Crippen LogP contribution in [0.1, 0.15) is 32.8 Å². The Hall–Kier alpha value is -0.540. The maximum atomic E-state index is 5.59. The molecule has 1 rings (SSSR count). The number of rotatable bonds is 6. The minimum Gasteiger partial charge on any atom is -0.369 e. The summed E-state index contributed by atoms with van der Waals surface area (Å²) in [6, 6.07) is 7.16. The molecular weight excluding hydrogens is 276 g/mol. The molecule has 1 atom stereocenters. The predicted octanol–water partition coefficient (Wildman–Crippen LogP) is 3.58. The summed E-state index contributed by atoms with van der Waals surface area (Å²) in [6.45, 7) is 8.43. The number of hydrogen-bond donors (Lipinski definition) is 1. The van der Waals surface area contributed by atoms with Gasteiger partial charge in [0.1, 0.15) is 0 Å². The van der Waals surface area contributed by atoms with Crippen LogP contribution in [0.4, 0.5) is 5.69 Å². The second kappa shape index (κ2) is 7.02. The summed E-state index contributed by atoms with van der Waals surface area (Å²) in [5, 5.41) is 0. The van der Waals surface area contributed by atoms with Crippen molar-refractivity contribution in [1.29, 1.82) is 0 Å². The van der Waals surface area contributed by atoms with E-state index in [1.54, 1.807) is 0 Å². The molecule has 0 bridgehead atoms. The maximum absolute atomic E-state index is 5.59. The highest BCUT2D eigenvalue weighted by atomic mass is 79.9. The van der Waals surface area contributed by atoms with Crippen molar-refractivity contribution in [2.75, 3.05) is 18.0 Å². The highest BCUT2D eigenvalue weighted by Crippen LogP contribution is 2.26. The molecule has 0 fully saturated rings. The van der Waals surface area contributed by atoms with Crippen LogP contribution in [-0.2, 0) is 6.42 Å². The van der Waals surface area contributed by atoms with E-state index in [-0.39, 0.29) is 0 Å². The van der Waals surface area contributed by atoms with Crippen molar-refractivity contribution in [1.82, 2.24) is 0 Å². The van der Waals surface area contributed by atoms with Gasteiger partial charge in [0.15, 0.2) is 0 Å². The summed E-state index contributed by atoms with van der Waals surface area (Å²) >= 11 is 3.63. The molecule has 0 aromatic heterocycles. The molecule has 2 N–H and O–H groups in total. The lowest BCUT2D eigenvalue weighted by atomic mass is 10.1. The van der Waals surface area contributed by atoms with Crippen molar-refractivity contribution in [3.05, 3.63) is 28.2 Å². The molecule has 0 saturated heterocycles. The Morgan fingerprint density at radius 2 is 2.06 bits per heavy atom. The van der Waals surface area contributed by atoms with Gasteiger partial charge < -0.3 is 10.6 Å². The van der Waals surface area contributed by atoms with Crippen molar-refractivity contribution in [3.8, 4) is 0 Å². The molecule has 1 unspecified atom stereocenters. The number of nitrogens with two attached hydrogens (primary N) is 1. The van der Waals surface area contributed by atoms with E-state index in [4.69, 9.17) is 5.73 Å². The summed E-state index contributed by atoms with van der Waals surface area (Å²) in [7, 11) is 0. The Bertz CT molecular complexity index is 352. The third-order valence-electron chi connectivity index (χ3n) is 3.25. The van der Waals surface area contributed by atoms with Gasteiger partial charge in [-0.25, -0.2) is 0 Å². The Labute approximate surface area is 113 Å². The van der Waals surface area contributed by atoms with Crippen molar-refractivity contribution < 1.29 is 0 Å². The van der Waals surface area contributed by atoms with Crippen LogP contribution in [0.2, 0.25) is 0 Å². The molecule has 0 radical (unpaired) electrons. The Morgan fingerprint density at radius 3 is 2.53 bits per heavy atom. The van der Waals surface area contributed by atoms with Crippen LogP contribution in [0, 0.1) is 0 Å². The zero-order valence-corrected chi connectivity index (χ0v) is 12.6. The SMILES string of the molecule is CCC(C)N(CC)c1ccc(CCN)c(Br)c1. The fourth-order valence-electron chi connectivity index (χ4n) is 2.04. The Balaban J connectivity index is 2.94. The average molecular weight is 299 g/mol. The van der Waals surface area contributed by atoms with E-state index in [9.17, 15) is 0 Å². The topological polar surface area (TPSA) is 29.3 Å². The molecule has 2 nitrogen and oxygen atoms in total. The van der Waals surface area contributed by atoms with Gasteiger partial charge in [-0.3, -0.25) is 0 Å². The molecule has 0 aliphatic heterocycles. The van der Waals surface area contributed by atoms with Crippen molar-refractivity contribution in [2.24, 2.45) is 5.73 Å². The van der Waals surface area contributed by atoms with Gasteiger partial charge in [0, 0.05) is 22.7 Å². The third kappa shape index (κ3) is 3.71. The van der Waals surface area contributed by atoms with E-state index in [0.717, 1.165) is 19.4 Å². The van der Waals surface area contributed by atoms with Crippen LogP contribution in [0.15, 0.2) is 22.7 Å². The van der Waals surface area contributed by atoms with Crippen LogP contribution in [-0.4, -0.2) is 19.1 Å². The van der Waals surface area contributed by atoms with E-state index in [0.29, 0.717) is 12.6 Å². The second-order valence-electron chi connectivity index (χ2n) is 4.36. The lowest BCUT2D eigenvalue weighted by Crippen LogP contribution is -2.32. The summed E-state index contributed by atoms with van der Waals surface area (Å²) in [6.07, 6.45) is 2.09. The molecule has 17 heavy (non-hydrogen) atoms. The molecule has 0 aliphatic carbocycles. The molecular formula is C14H23BrN2. The first-order valence-corrected chi connectivity index (χ1v) is 7.18. The van der Waals surface area contributed by atoms with Crippen LogP contribution in [0.5, 0.6) is 0 Å². The van der Waals surface area contributed by atoms with E-state index < -0.39 is 0 Å². The first-order valence-electron chi connectivity index (χ1n) is 6.39. The number of anilines is 1. The number of benzene rings is 1. The third-order valence-corrected chi connectivity index (χ3v) is 3.98. The molecule has 96 valence electrons. The highest BCUT2D eigenvalue weighted by molar-refractivity contribution is 9.10. The lowest BCUT2D eigenvalue weighted by molar-refractivity contribution is 0.630. The normalized spacial score (nSPS) is 12.5. The van der Waals surface area contributed by atoms with Gasteiger partial charge in [-0.15, -0.1) is 0 Å². The zero-order chi connectivity index (χ0) is 12.8. The van der Waals surface area contributed by atoms with Crippen molar-refractivity contribution in [3.63, 3.8) is 0 Å². The summed E-state index contributed by atoms with van der Waals surface area (Å²) < 4.78 is 1.17. The highest BCUT2D eigenvalue weighted by Gasteiger charge is 2.12. The first kappa shape index (κ1) is 14.5. The van der Waals surface area contributed by atoms with Crippen LogP contribution >= 0.6 is 15.9 Å². The lowest BCUT2D eigenvalue weighted by Gasteiger charge is -2.30. The number of nitrogens with zero attached hydrogens (tertiary/aromatic N) is 1. The molecule has 0 aliphatic rings. The zero-order valence-electron chi connectivity index (χ0n) is 11.0. The first-order chi connectivity index (χ1) is 8.13. The quantitative estimate of drug-likeness (QED) is 0.870. The second-order valence-corrected chi connectivity index (χ2v) is 5.21. The smallest absolute Gasteiger partial charge is 0.0380 e. The number of halogens is 1.